The van der Waals surface area contributed by atoms with Crippen molar-refractivity contribution >= 4 is 14.1 Å². The third-order valence-electron chi connectivity index (χ3n) is 3.15. The molecule has 0 heterocycles. The van der Waals surface area contributed by atoms with Crippen LogP contribution in [0.25, 0.3) is 0 Å². The molecule has 0 aromatic carbocycles. The second-order valence-electron chi connectivity index (χ2n) is 5.45. The van der Waals surface area contributed by atoms with E-state index in [-0.39, 0.29) is 16.9 Å². The Hall–Kier alpha value is -0.413. The molecule has 2 nitrogen and oxygen atoms in total. The maximum atomic E-state index is 11.0. The maximum Gasteiger partial charge on any atom is 0.192 e. The summed E-state index contributed by atoms with van der Waals surface area (Å²) in [4.78, 5) is 11.0. The standard InChI is InChI=1S/C11H20O2Si/c1-11(2,3)14(4,5)13-10-7-6-9(12)8-10/h6-7,10H,8H2,1-5H3. The summed E-state index contributed by atoms with van der Waals surface area (Å²) in [6.45, 7) is 11.0. The molecule has 0 fully saturated rings. The van der Waals surface area contributed by atoms with Crippen molar-refractivity contribution in [3.63, 3.8) is 0 Å². The van der Waals surface area contributed by atoms with Crippen LogP contribution in [0.3, 0.4) is 0 Å². The van der Waals surface area contributed by atoms with Crippen molar-refractivity contribution < 1.29 is 9.22 Å². The molecule has 1 unspecified atom stereocenters. The molecule has 1 aliphatic carbocycles. The summed E-state index contributed by atoms with van der Waals surface area (Å²) in [7, 11) is -1.70. The summed E-state index contributed by atoms with van der Waals surface area (Å²) in [6.07, 6.45) is 4.09. The Labute approximate surface area is 87.5 Å². The number of carbonyl (C=O) groups is 1. The molecule has 1 atom stereocenters. The Morgan fingerprint density at radius 1 is 1.43 bits per heavy atom. The van der Waals surface area contributed by atoms with Gasteiger partial charge in [0.05, 0.1) is 6.10 Å². The summed E-state index contributed by atoms with van der Waals surface area (Å²) >= 11 is 0. The first-order valence-electron chi connectivity index (χ1n) is 5.11. The van der Waals surface area contributed by atoms with Crippen LogP contribution < -0.4 is 0 Å². The van der Waals surface area contributed by atoms with Gasteiger partial charge >= 0.3 is 0 Å². The van der Waals surface area contributed by atoms with Gasteiger partial charge in [0.2, 0.25) is 0 Å². The minimum Gasteiger partial charge on any atom is -0.410 e. The van der Waals surface area contributed by atoms with Gasteiger partial charge in [-0.25, -0.2) is 0 Å². The minimum atomic E-state index is -1.70. The normalized spacial score (nSPS) is 23.2. The molecular weight excluding hydrogens is 192 g/mol. The molecule has 3 heteroatoms. The quantitative estimate of drug-likeness (QED) is 0.658. The molecule has 0 saturated heterocycles. The van der Waals surface area contributed by atoms with Crippen molar-refractivity contribution in [2.24, 2.45) is 0 Å². The molecule has 0 amide bonds. The first-order valence-corrected chi connectivity index (χ1v) is 8.02. The van der Waals surface area contributed by atoms with Gasteiger partial charge in [-0.1, -0.05) is 26.8 Å². The fourth-order valence-electron chi connectivity index (χ4n) is 1.19. The van der Waals surface area contributed by atoms with E-state index < -0.39 is 8.32 Å². The van der Waals surface area contributed by atoms with Gasteiger partial charge in [-0.3, -0.25) is 4.79 Å². The van der Waals surface area contributed by atoms with Gasteiger partial charge in [0, 0.05) is 6.42 Å². The first kappa shape index (κ1) is 11.7. The summed E-state index contributed by atoms with van der Waals surface area (Å²) < 4.78 is 6.06. The van der Waals surface area contributed by atoms with Crippen LogP contribution in [0.4, 0.5) is 0 Å². The van der Waals surface area contributed by atoms with Crippen LogP contribution >= 0.6 is 0 Å². The Balaban J connectivity index is 2.60. The molecule has 0 bridgehead atoms. The molecule has 14 heavy (non-hydrogen) atoms. The third-order valence-corrected chi connectivity index (χ3v) is 7.66. The van der Waals surface area contributed by atoms with Crippen molar-refractivity contribution in [1.29, 1.82) is 0 Å². The van der Waals surface area contributed by atoms with Crippen LogP contribution in [0.5, 0.6) is 0 Å². The van der Waals surface area contributed by atoms with Crippen LogP contribution in [0.15, 0.2) is 12.2 Å². The molecule has 0 aliphatic heterocycles. The highest BCUT2D eigenvalue weighted by molar-refractivity contribution is 6.74. The van der Waals surface area contributed by atoms with Gasteiger partial charge in [0.15, 0.2) is 14.1 Å². The Morgan fingerprint density at radius 3 is 2.36 bits per heavy atom. The van der Waals surface area contributed by atoms with Crippen LogP contribution in [0.1, 0.15) is 27.2 Å². The van der Waals surface area contributed by atoms with Gasteiger partial charge < -0.3 is 4.43 Å². The second kappa shape index (κ2) is 3.63. The number of allylic oxidation sites excluding steroid dienone is 1. The predicted octanol–water partition coefficient (Wildman–Crippen LogP) is 2.91. The lowest BCUT2D eigenvalue weighted by molar-refractivity contribution is -0.114. The van der Waals surface area contributed by atoms with E-state index in [4.69, 9.17) is 4.43 Å². The Kier molecular flexibility index (Phi) is 3.02. The smallest absolute Gasteiger partial charge is 0.192 e. The first-order chi connectivity index (χ1) is 6.22. The molecule has 80 valence electrons. The van der Waals surface area contributed by atoms with Crippen molar-refractivity contribution in [3.05, 3.63) is 12.2 Å². The fourth-order valence-corrected chi connectivity index (χ4v) is 2.46. The molecule has 1 aliphatic rings. The largest absolute Gasteiger partial charge is 0.410 e. The zero-order valence-corrected chi connectivity index (χ0v) is 10.8. The zero-order chi connectivity index (χ0) is 11.0. The topological polar surface area (TPSA) is 26.3 Å². The SMILES string of the molecule is CC(C)(C)[Si](C)(C)OC1C=CC(=O)C1. The van der Waals surface area contributed by atoms with Crippen LogP contribution in [-0.4, -0.2) is 20.2 Å². The monoisotopic (exact) mass is 212 g/mol. The van der Waals surface area contributed by atoms with E-state index >= 15 is 0 Å². The average Bonchev–Trinajstić information content (AvgIpc) is 2.31. The molecule has 0 aromatic rings. The fraction of sp³-hybridized carbons (Fsp3) is 0.727. The lowest BCUT2D eigenvalue weighted by Gasteiger charge is -2.37. The van der Waals surface area contributed by atoms with E-state index in [0.29, 0.717) is 6.42 Å². The summed E-state index contributed by atoms with van der Waals surface area (Å²) in [5.74, 6) is 0.189. The van der Waals surface area contributed by atoms with Crippen LogP contribution in [-0.2, 0) is 9.22 Å². The van der Waals surface area contributed by atoms with Crippen molar-refractivity contribution in [2.45, 2.75) is 51.4 Å². The van der Waals surface area contributed by atoms with E-state index in [1.165, 1.54) is 0 Å². The summed E-state index contributed by atoms with van der Waals surface area (Å²) in [5.41, 5.74) is 0. The maximum absolute atomic E-state index is 11.0. The van der Waals surface area contributed by atoms with Gasteiger partial charge in [-0.2, -0.15) is 0 Å². The van der Waals surface area contributed by atoms with Crippen molar-refractivity contribution in [2.75, 3.05) is 0 Å². The van der Waals surface area contributed by atoms with Gasteiger partial charge in [0.1, 0.15) is 0 Å². The van der Waals surface area contributed by atoms with E-state index in [1.54, 1.807) is 6.08 Å². The van der Waals surface area contributed by atoms with Crippen LogP contribution in [0.2, 0.25) is 18.1 Å². The molecule has 0 aromatic heterocycles. The third kappa shape index (κ3) is 2.55. The highest BCUT2D eigenvalue weighted by Gasteiger charge is 2.39. The highest BCUT2D eigenvalue weighted by Crippen LogP contribution is 2.38. The predicted molar refractivity (Wildman–Crippen MR) is 60.8 cm³/mol. The molecule has 1 rings (SSSR count). The molecular formula is C11H20O2Si. The number of hydrogen-bond donors (Lipinski definition) is 0. The van der Waals surface area contributed by atoms with Gasteiger partial charge in [-0.05, 0) is 24.2 Å². The molecule has 0 radical (unpaired) electrons. The van der Waals surface area contributed by atoms with E-state index in [0.717, 1.165) is 0 Å². The summed E-state index contributed by atoms with van der Waals surface area (Å²) in [6, 6.07) is 0. The molecule has 0 N–H and O–H groups in total. The van der Waals surface area contributed by atoms with Gasteiger partial charge in [0.25, 0.3) is 0 Å². The van der Waals surface area contributed by atoms with E-state index in [2.05, 4.69) is 33.9 Å². The number of rotatable bonds is 2. The number of hydrogen-bond acceptors (Lipinski definition) is 2. The molecule has 0 saturated carbocycles. The Bertz CT molecular complexity index is 261. The number of carbonyl (C=O) groups excluding carboxylic acids is 1. The lowest BCUT2D eigenvalue weighted by atomic mass is 10.2. The minimum absolute atomic E-state index is 0.0309. The van der Waals surface area contributed by atoms with E-state index in [1.807, 2.05) is 6.08 Å². The van der Waals surface area contributed by atoms with E-state index in [9.17, 15) is 4.79 Å². The second-order valence-corrected chi connectivity index (χ2v) is 10.2. The highest BCUT2D eigenvalue weighted by atomic mass is 28.4. The molecule has 0 spiro atoms. The van der Waals surface area contributed by atoms with Crippen LogP contribution in [0, 0.1) is 0 Å². The van der Waals surface area contributed by atoms with Crippen molar-refractivity contribution in [3.8, 4) is 0 Å². The average molecular weight is 212 g/mol. The lowest BCUT2D eigenvalue weighted by Crippen LogP contribution is -2.43. The number of ketones is 1. The van der Waals surface area contributed by atoms with Gasteiger partial charge in [-0.15, -0.1) is 0 Å². The summed E-state index contributed by atoms with van der Waals surface area (Å²) in [5, 5.41) is 0.215. The zero-order valence-electron chi connectivity index (χ0n) is 9.76. The van der Waals surface area contributed by atoms with Crippen molar-refractivity contribution in [1.82, 2.24) is 0 Å². The Morgan fingerprint density at radius 2 is 2.00 bits per heavy atom.